The number of amides is 1. The number of aromatic nitrogens is 3. The number of fused-ring (bicyclic) bond motifs is 1. The molecule has 0 saturated carbocycles. The standard InChI is InChI=1S/C26H17Cl3N4O6/c27-15-3-1-13(2-4-15)12-32-8-7-14-9-17(5-6-18(14)24(32)35)39-22-19(28)10-16(11-20(22)29)33-26(38)30-23(34)21(31-33)25(36)37/h1-6,9-11H,7-8,12H2,(H,36,37)(H,30,34,38). The van der Waals surface area contributed by atoms with E-state index in [2.05, 4.69) is 5.10 Å². The molecule has 39 heavy (non-hydrogen) atoms. The third-order valence-electron chi connectivity index (χ3n) is 6.01. The number of carboxylic acid groups (broad SMARTS) is 1. The third kappa shape index (κ3) is 5.40. The van der Waals surface area contributed by atoms with E-state index in [1.165, 1.54) is 12.1 Å². The summed E-state index contributed by atoms with van der Waals surface area (Å²) < 4.78 is 6.58. The molecule has 0 radical (unpaired) electrons. The summed E-state index contributed by atoms with van der Waals surface area (Å²) in [4.78, 5) is 51.9. The van der Waals surface area contributed by atoms with Gasteiger partial charge in [-0.3, -0.25) is 14.6 Å². The molecular weight excluding hydrogens is 571 g/mol. The van der Waals surface area contributed by atoms with Crippen LogP contribution in [0.1, 0.15) is 32.0 Å². The van der Waals surface area contributed by atoms with Gasteiger partial charge in [0.2, 0.25) is 5.69 Å². The first-order chi connectivity index (χ1) is 18.6. The van der Waals surface area contributed by atoms with Crippen LogP contribution in [0.4, 0.5) is 0 Å². The number of halogens is 3. The van der Waals surface area contributed by atoms with Gasteiger partial charge in [0, 0.05) is 23.7 Å². The van der Waals surface area contributed by atoms with Crippen LogP contribution < -0.4 is 16.0 Å². The van der Waals surface area contributed by atoms with Crippen molar-refractivity contribution >= 4 is 46.7 Å². The quantitative estimate of drug-likeness (QED) is 0.337. The molecule has 198 valence electrons. The fraction of sp³-hybridized carbons (Fsp3) is 0.115. The van der Waals surface area contributed by atoms with E-state index >= 15 is 0 Å². The fourth-order valence-electron chi connectivity index (χ4n) is 4.14. The van der Waals surface area contributed by atoms with Gasteiger partial charge in [0.15, 0.2) is 5.75 Å². The Morgan fingerprint density at radius 3 is 2.36 bits per heavy atom. The lowest BCUT2D eigenvalue weighted by atomic mass is 9.98. The fourth-order valence-corrected chi connectivity index (χ4v) is 4.82. The number of hydrogen-bond acceptors (Lipinski definition) is 6. The van der Waals surface area contributed by atoms with Crippen molar-refractivity contribution in [3.8, 4) is 17.2 Å². The van der Waals surface area contributed by atoms with E-state index in [1.807, 2.05) is 17.1 Å². The van der Waals surface area contributed by atoms with Gasteiger partial charge >= 0.3 is 11.7 Å². The zero-order valence-electron chi connectivity index (χ0n) is 19.8. The number of H-pyrrole nitrogens is 1. The molecule has 2 N–H and O–H groups in total. The number of aromatic carboxylic acids is 1. The Balaban J connectivity index is 1.38. The predicted octanol–water partition coefficient (Wildman–Crippen LogP) is 4.57. The summed E-state index contributed by atoms with van der Waals surface area (Å²) in [5.74, 6) is -1.25. The second kappa shape index (κ2) is 10.6. The van der Waals surface area contributed by atoms with E-state index in [0.29, 0.717) is 40.5 Å². The Morgan fingerprint density at radius 2 is 1.69 bits per heavy atom. The largest absolute Gasteiger partial charge is 0.476 e. The average Bonchev–Trinajstić information content (AvgIpc) is 2.89. The van der Waals surface area contributed by atoms with Crippen LogP contribution in [0.2, 0.25) is 15.1 Å². The van der Waals surface area contributed by atoms with Gasteiger partial charge in [-0.05, 0) is 60.0 Å². The van der Waals surface area contributed by atoms with Crippen LogP contribution in [-0.2, 0) is 13.0 Å². The lowest BCUT2D eigenvalue weighted by molar-refractivity contribution is 0.0683. The number of ether oxygens (including phenoxy) is 1. The molecule has 0 bridgehead atoms. The lowest BCUT2D eigenvalue weighted by Crippen LogP contribution is -2.37. The molecule has 5 rings (SSSR count). The number of carboxylic acids is 1. The molecule has 0 unspecified atom stereocenters. The zero-order chi connectivity index (χ0) is 27.8. The van der Waals surface area contributed by atoms with Crippen LogP contribution in [0.5, 0.6) is 11.5 Å². The number of nitrogens with one attached hydrogen (secondary N) is 1. The molecule has 0 atom stereocenters. The van der Waals surface area contributed by atoms with Crippen LogP contribution in [-0.4, -0.2) is 43.2 Å². The van der Waals surface area contributed by atoms with Crippen LogP contribution in [0, 0.1) is 0 Å². The number of rotatable bonds is 6. The Hall–Kier alpha value is -4.12. The highest BCUT2D eigenvalue weighted by Crippen LogP contribution is 2.39. The molecule has 0 spiro atoms. The lowest BCUT2D eigenvalue weighted by Gasteiger charge is -2.29. The summed E-state index contributed by atoms with van der Waals surface area (Å²) in [6, 6.07) is 15.0. The van der Waals surface area contributed by atoms with Crippen molar-refractivity contribution in [2.24, 2.45) is 0 Å². The van der Waals surface area contributed by atoms with Gasteiger partial charge in [0.1, 0.15) is 5.75 Å². The topological polar surface area (TPSA) is 135 Å². The summed E-state index contributed by atoms with van der Waals surface area (Å²) in [6.45, 7) is 0.986. The first kappa shape index (κ1) is 26.5. The Morgan fingerprint density at radius 1 is 1.00 bits per heavy atom. The van der Waals surface area contributed by atoms with Crippen LogP contribution in [0.15, 0.2) is 64.2 Å². The molecule has 10 nitrogen and oxygen atoms in total. The Kier molecular flexibility index (Phi) is 7.17. The van der Waals surface area contributed by atoms with E-state index in [0.717, 1.165) is 11.1 Å². The molecule has 0 aliphatic carbocycles. The molecule has 1 aliphatic heterocycles. The zero-order valence-corrected chi connectivity index (χ0v) is 22.0. The highest BCUT2D eigenvalue weighted by atomic mass is 35.5. The summed E-state index contributed by atoms with van der Waals surface area (Å²) in [6.07, 6.45) is 0.610. The maximum Gasteiger partial charge on any atom is 0.362 e. The van der Waals surface area contributed by atoms with Crippen LogP contribution in [0.25, 0.3) is 5.69 Å². The van der Waals surface area contributed by atoms with Crippen molar-refractivity contribution in [2.75, 3.05) is 6.54 Å². The average molecular weight is 588 g/mol. The minimum Gasteiger partial charge on any atom is -0.476 e. The molecule has 3 aromatic carbocycles. The Labute approximate surface area is 234 Å². The van der Waals surface area contributed by atoms with Crippen molar-refractivity contribution in [2.45, 2.75) is 13.0 Å². The van der Waals surface area contributed by atoms with Gasteiger partial charge in [-0.15, -0.1) is 0 Å². The Bertz CT molecular complexity index is 1730. The summed E-state index contributed by atoms with van der Waals surface area (Å²) in [7, 11) is 0. The van der Waals surface area contributed by atoms with E-state index in [4.69, 9.17) is 44.6 Å². The van der Waals surface area contributed by atoms with Gasteiger partial charge in [0.05, 0.1) is 15.7 Å². The smallest absolute Gasteiger partial charge is 0.362 e. The summed E-state index contributed by atoms with van der Waals surface area (Å²) >= 11 is 18.7. The third-order valence-corrected chi connectivity index (χ3v) is 6.82. The number of nitrogens with zero attached hydrogens (tertiary/aromatic N) is 3. The molecule has 1 aliphatic rings. The number of hydrogen-bond donors (Lipinski definition) is 2. The number of benzene rings is 3. The van der Waals surface area contributed by atoms with Crippen molar-refractivity contribution < 1.29 is 19.4 Å². The van der Waals surface area contributed by atoms with Crippen molar-refractivity contribution in [3.63, 3.8) is 0 Å². The highest BCUT2D eigenvalue weighted by Gasteiger charge is 2.25. The van der Waals surface area contributed by atoms with E-state index in [-0.39, 0.29) is 27.4 Å². The van der Waals surface area contributed by atoms with Crippen molar-refractivity contribution in [3.05, 3.63) is 113 Å². The molecule has 0 fully saturated rings. The molecule has 2 heterocycles. The minimum absolute atomic E-state index is 0.00258. The van der Waals surface area contributed by atoms with Gasteiger partial charge in [0.25, 0.3) is 11.5 Å². The number of carbonyl (C=O) groups excluding carboxylic acids is 1. The minimum atomic E-state index is -1.61. The normalized spacial score (nSPS) is 12.8. The molecule has 13 heteroatoms. The first-order valence-corrected chi connectivity index (χ1v) is 12.5. The number of aromatic amines is 1. The van der Waals surface area contributed by atoms with E-state index < -0.39 is 22.9 Å². The van der Waals surface area contributed by atoms with Crippen molar-refractivity contribution in [1.29, 1.82) is 0 Å². The van der Waals surface area contributed by atoms with Gasteiger partial charge in [-0.25, -0.2) is 9.59 Å². The SMILES string of the molecule is O=C(O)c1nn(-c2cc(Cl)c(Oc3ccc4c(c3)CCN(Cc3ccc(Cl)cc3)C4=O)c(Cl)c2)c(=O)[nH]c1=O. The predicted molar refractivity (Wildman–Crippen MR) is 144 cm³/mol. The second-order valence-corrected chi connectivity index (χ2v) is 9.84. The summed E-state index contributed by atoms with van der Waals surface area (Å²) in [5.41, 5.74) is -0.639. The van der Waals surface area contributed by atoms with E-state index in [9.17, 15) is 19.2 Å². The maximum atomic E-state index is 13.1. The van der Waals surface area contributed by atoms with Crippen molar-refractivity contribution in [1.82, 2.24) is 19.7 Å². The van der Waals surface area contributed by atoms with Gasteiger partial charge < -0.3 is 14.7 Å². The molecule has 0 saturated heterocycles. The molecule has 4 aromatic rings. The maximum absolute atomic E-state index is 13.1. The van der Waals surface area contributed by atoms with Gasteiger partial charge in [-0.2, -0.15) is 9.78 Å². The molecular formula is C26H17Cl3N4O6. The molecule has 1 aromatic heterocycles. The van der Waals surface area contributed by atoms with Gasteiger partial charge in [-0.1, -0.05) is 46.9 Å². The highest BCUT2D eigenvalue weighted by molar-refractivity contribution is 6.37. The monoisotopic (exact) mass is 586 g/mol. The van der Waals surface area contributed by atoms with E-state index in [1.54, 1.807) is 35.2 Å². The first-order valence-electron chi connectivity index (χ1n) is 11.4. The second-order valence-electron chi connectivity index (χ2n) is 8.59. The number of carbonyl (C=O) groups is 2. The molecule has 1 amide bonds. The van der Waals surface area contributed by atoms with Crippen LogP contribution >= 0.6 is 34.8 Å². The van der Waals surface area contributed by atoms with Crippen LogP contribution in [0.3, 0.4) is 0 Å². The summed E-state index contributed by atoms with van der Waals surface area (Å²) in [5, 5.41) is 13.4.